The van der Waals surface area contributed by atoms with Crippen LogP contribution in [-0.4, -0.2) is 17.6 Å². The molecule has 1 N–H and O–H groups in total. The maximum Gasteiger partial charge on any atom is 0.333 e. The fourth-order valence-corrected chi connectivity index (χ4v) is 2.43. The summed E-state index contributed by atoms with van der Waals surface area (Å²) in [5.74, 6) is 0.301. The quantitative estimate of drug-likeness (QED) is 0.643. The highest BCUT2D eigenvalue weighted by Gasteiger charge is 2.37. The molecule has 1 aromatic rings. The van der Waals surface area contributed by atoms with Gasteiger partial charge in [0, 0.05) is 5.54 Å². The summed E-state index contributed by atoms with van der Waals surface area (Å²) in [4.78, 5) is 10.8. The molecule has 0 heterocycles. The molecule has 0 saturated heterocycles. The van der Waals surface area contributed by atoms with E-state index >= 15 is 0 Å². The predicted octanol–water partition coefficient (Wildman–Crippen LogP) is 3.35. The van der Waals surface area contributed by atoms with Crippen molar-refractivity contribution in [3.8, 4) is 5.75 Å². The Morgan fingerprint density at radius 3 is 2.67 bits per heavy atom. The first-order chi connectivity index (χ1) is 8.62. The second-order valence-electron chi connectivity index (χ2n) is 4.73. The molecule has 0 radical (unpaired) electrons. The monoisotopic (exact) mass is 250 g/mol. The predicted molar refractivity (Wildman–Crippen MR) is 70.1 cm³/mol. The van der Waals surface area contributed by atoms with Gasteiger partial charge in [0.05, 0.1) is 12.0 Å². The van der Waals surface area contributed by atoms with Gasteiger partial charge in [-0.25, -0.2) is 0 Å². The molecule has 0 atom stereocenters. The minimum absolute atomic E-state index is 0.0249. The average molecular weight is 250 g/mol. The zero-order valence-electron chi connectivity index (χ0n) is 10.7. The van der Waals surface area contributed by atoms with Gasteiger partial charge in [0.15, 0.2) is 5.75 Å². The van der Waals surface area contributed by atoms with Crippen molar-refractivity contribution in [2.24, 2.45) is 0 Å². The summed E-state index contributed by atoms with van der Waals surface area (Å²) >= 11 is 0. The third-order valence-corrected chi connectivity index (χ3v) is 3.79. The van der Waals surface area contributed by atoms with E-state index in [1.807, 2.05) is 0 Å². The number of nitro groups is 1. The molecule has 0 unspecified atom stereocenters. The Labute approximate surface area is 106 Å². The molecule has 1 saturated carbocycles. The minimum Gasteiger partial charge on any atom is -0.490 e. The van der Waals surface area contributed by atoms with Crippen LogP contribution in [0.1, 0.15) is 32.6 Å². The Hall–Kier alpha value is -1.78. The SMILES string of the molecule is CCC1(Nc2cccc(OC)c2[N+](=O)[O-])CCC1. The lowest BCUT2D eigenvalue weighted by Crippen LogP contribution is -2.44. The summed E-state index contributed by atoms with van der Waals surface area (Å²) in [5, 5.41) is 14.5. The maximum atomic E-state index is 11.2. The summed E-state index contributed by atoms with van der Waals surface area (Å²) in [6.07, 6.45) is 4.29. The standard InChI is InChI=1S/C13H18N2O3/c1-3-13(8-5-9-13)14-10-6-4-7-11(18-2)12(10)15(16)17/h4,6-7,14H,3,5,8-9H2,1-2H3. The average Bonchev–Trinajstić information content (AvgIpc) is 2.33. The molecule has 1 aliphatic carbocycles. The molecule has 5 heteroatoms. The van der Waals surface area contributed by atoms with Crippen LogP contribution < -0.4 is 10.1 Å². The van der Waals surface area contributed by atoms with Crippen molar-refractivity contribution in [2.75, 3.05) is 12.4 Å². The number of hydrogen-bond acceptors (Lipinski definition) is 4. The number of nitro benzene ring substituents is 1. The highest BCUT2D eigenvalue weighted by atomic mass is 16.6. The summed E-state index contributed by atoms with van der Waals surface area (Å²) in [6.45, 7) is 2.11. The fourth-order valence-electron chi connectivity index (χ4n) is 2.43. The summed E-state index contributed by atoms with van der Waals surface area (Å²) in [7, 11) is 1.45. The number of methoxy groups -OCH3 is 1. The Bertz CT molecular complexity index is 450. The normalized spacial score (nSPS) is 16.8. The lowest BCUT2D eigenvalue weighted by atomic mass is 9.74. The molecule has 0 bridgehead atoms. The van der Waals surface area contributed by atoms with Gasteiger partial charge in [0.2, 0.25) is 0 Å². The van der Waals surface area contributed by atoms with E-state index in [1.54, 1.807) is 18.2 Å². The number of rotatable bonds is 5. The molecule has 0 amide bonds. The summed E-state index contributed by atoms with van der Waals surface area (Å²) in [6, 6.07) is 5.13. The molecule has 0 aromatic heterocycles. The minimum atomic E-state index is -0.386. The summed E-state index contributed by atoms with van der Waals surface area (Å²) < 4.78 is 5.07. The van der Waals surface area contributed by atoms with E-state index < -0.39 is 0 Å². The van der Waals surface area contributed by atoms with Gasteiger partial charge < -0.3 is 10.1 Å². The van der Waals surface area contributed by atoms with Crippen molar-refractivity contribution in [2.45, 2.75) is 38.1 Å². The Balaban J connectivity index is 2.35. The number of anilines is 1. The number of nitrogens with zero attached hydrogens (tertiary/aromatic N) is 1. The van der Waals surface area contributed by atoms with E-state index in [0.717, 1.165) is 19.3 Å². The van der Waals surface area contributed by atoms with E-state index in [1.165, 1.54) is 13.5 Å². The third-order valence-electron chi connectivity index (χ3n) is 3.79. The lowest BCUT2D eigenvalue weighted by Gasteiger charge is -2.42. The van der Waals surface area contributed by atoms with E-state index in [-0.39, 0.29) is 16.1 Å². The van der Waals surface area contributed by atoms with Gasteiger partial charge in [0.1, 0.15) is 5.69 Å². The van der Waals surface area contributed by atoms with Crippen LogP contribution in [0.25, 0.3) is 0 Å². The first-order valence-corrected chi connectivity index (χ1v) is 6.21. The van der Waals surface area contributed by atoms with Crippen LogP contribution in [0.5, 0.6) is 5.75 Å². The van der Waals surface area contributed by atoms with Crippen molar-refractivity contribution in [1.82, 2.24) is 0 Å². The van der Waals surface area contributed by atoms with Crippen LogP contribution in [-0.2, 0) is 0 Å². The molecule has 0 spiro atoms. The van der Waals surface area contributed by atoms with Gasteiger partial charge >= 0.3 is 5.69 Å². The van der Waals surface area contributed by atoms with E-state index in [4.69, 9.17) is 4.74 Å². The molecule has 5 nitrogen and oxygen atoms in total. The largest absolute Gasteiger partial charge is 0.490 e. The molecule has 2 rings (SSSR count). The number of para-hydroxylation sites is 1. The molecule has 1 aromatic carbocycles. The first-order valence-electron chi connectivity index (χ1n) is 6.21. The molecule has 98 valence electrons. The van der Waals surface area contributed by atoms with Crippen LogP contribution in [0.3, 0.4) is 0 Å². The number of ether oxygens (including phenoxy) is 1. The van der Waals surface area contributed by atoms with Crippen molar-refractivity contribution in [3.05, 3.63) is 28.3 Å². The molecule has 0 aliphatic heterocycles. The van der Waals surface area contributed by atoms with Gasteiger partial charge in [-0.2, -0.15) is 0 Å². The Kier molecular flexibility index (Phi) is 3.41. The van der Waals surface area contributed by atoms with Crippen molar-refractivity contribution >= 4 is 11.4 Å². The van der Waals surface area contributed by atoms with Crippen LogP contribution in [0.2, 0.25) is 0 Å². The van der Waals surface area contributed by atoms with Crippen LogP contribution >= 0.6 is 0 Å². The zero-order chi connectivity index (χ0) is 13.2. The smallest absolute Gasteiger partial charge is 0.333 e. The van der Waals surface area contributed by atoms with Gasteiger partial charge in [0.25, 0.3) is 0 Å². The van der Waals surface area contributed by atoms with Crippen LogP contribution in [0.15, 0.2) is 18.2 Å². The topological polar surface area (TPSA) is 64.4 Å². The van der Waals surface area contributed by atoms with Gasteiger partial charge in [-0.1, -0.05) is 13.0 Å². The van der Waals surface area contributed by atoms with Crippen molar-refractivity contribution in [1.29, 1.82) is 0 Å². The lowest BCUT2D eigenvalue weighted by molar-refractivity contribution is -0.384. The number of nitrogens with one attached hydrogen (secondary N) is 1. The Morgan fingerprint density at radius 1 is 1.50 bits per heavy atom. The third kappa shape index (κ3) is 2.12. The number of benzene rings is 1. The van der Waals surface area contributed by atoms with E-state index in [2.05, 4.69) is 12.2 Å². The maximum absolute atomic E-state index is 11.2. The molecule has 1 aliphatic rings. The van der Waals surface area contributed by atoms with Crippen LogP contribution in [0.4, 0.5) is 11.4 Å². The van der Waals surface area contributed by atoms with Crippen molar-refractivity contribution < 1.29 is 9.66 Å². The van der Waals surface area contributed by atoms with Crippen molar-refractivity contribution in [3.63, 3.8) is 0 Å². The molecule has 18 heavy (non-hydrogen) atoms. The second kappa shape index (κ2) is 4.84. The molecular formula is C13H18N2O3. The fraction of sp³-hybridized carbons (Fsp3) is 0.538. The molecule has 1 fully saturated rings. The number of hydrogen-bond donors (Lipinski definition) is 1. The van der Waals surface area contributed by atoms with E-state index in [9.17, 15) is 10.1 Å². The highest BCUT2D eigenvalue weighted by molar-refractivity contribution is 5.69. The first kappa shape index (κ1) is 12.7. The van der Waals surface area contributed by atoms with Gasteiger partial charge in [-0.3, -0.25) is 10.1 Å². The second-order valence-corrected chi connectivity index (χ2v) is 4.73. The van der Waals surface area contributed by atoms with Crippen LogP contribution in [0, 0.1) is 10.1 Å². The van der Waals surface area contributed by atoms with Gasteiger partial charge in [-0.15, -0.1) is 0 Å². The summed E-state index contributed by atoms with van der Waals surface area (Å²) in [5.41, 5.74) is 0.609. The Morgan fingerprint density at radius 2 is 2.22 bits per heavy atom. The molecular weight excluding hydrogens is 232 g/mol. The zero-order valence-corrected chi connectivity index (χ0v) is 10.7. The van der Waals surface area contributed by atoms with Gasteiger partial charge in [-0.05, 0) is 37.8 Å². The highest BCUT2D eigenvalue weighted by Crippen LogP contribution is 2.42. The van der Waals surface area contributed by atoms with E-state index in [0.29, 0.717) is 11.4 Å².